The Morgan fingerprint density at radius 3 is 2.62 bits per heavy atom. The molecule has 0 saturated carbocycles. The summed E-state index contributed by atoms with van der Waals surface area (Å²) in [6, 6.07) is 1.87. The molecule has 0 atom stereocenters. The van der Waals surface area contributed by atoms with Crippen molar-refractivity contribution in [3.63, 3.8) is 0 Å². The van der Waals surface area contributed by atoms with Gasteiger partial charge in [0.15, 0.2) is 0 Å². The summed E-state index contributed by atoms with van der Waals surface area (Å²) in [5.74, 6) is 0.381. The average molecular weight is 178 g/mol. The third-order valence-corrected chi connectivity index (χ3v) is 1.23. The van der Waals surface area contributed by atoms with E-state index in [1.807, 2.05) is 0 Å². The molecular weight excluding hydrogens is 172 g/mol. The van der Waals surface area contributed by atoms with Gasteiger partial charge in [-0.1, -0.05) is 10.2 Å². The summed E-state index contributed by atoms with van der Waals surface area (Å²) in [4.78, 5) is 7.78. The van der Waals surface area contributed by atoms with Crippen LogP contribution < -0.4 is 11.1 Å². The van der Waals surface area contributed by atoms with Crippen LogP contribution in [-0.4, -0.2) is 20.2 Å². The zero-order valence-electron chi connectivity index (χ0n) is 6.51. The quantitative estimate of drug-likeness (QED) is 0.676. The van der Waals surface area contributed by atoms with Gasteiger partial charge in [0.05, 0.1) is 0 Å². The Hall–Kier alpha value is -2.18. The van der Waals surface area contributed by atoms with Gasteiger partial charge in [-0.25, -0.2) is 9.97 Å². The van der Waals surface area contributed by atoms with E-state index in [1.165, 1.54) is 0 Å². The van der Waals surface area contributed by atoms with Crippen LogP contribution in [0, 0.1) is 0 Å². The van der Waals surface area contributed by atoms with Crippen LogP contribution in [0.5, 0.6) is 0 Å². The third-order valence-electron chi connectivity index (χ3n) is 1.23. The van der Waals surface area contributed by atoms with Crippen molar-refractivity contribution in [3.05, 3.63) is 18.5 Å². The van der Waals surface area contributed by atoms with Gasteiger partial charge in [-0.3, -0.25) is 5.32 Å². The molecular formula is C6H6N6O. The zero-order chi connectivity index (χ0) is 9.10. The molecule has 0 radical (unpaired) electrons. The number of nitrogen functional groups attached to an aromatic ring is 1. The number of anilines is 3. The number of aromatic nitrogens is 4. The first-order valence-electron chi connectivity index (χ1n) is 3.47. The molecule has 0 unspecified atom stereocenters. The minimum absolute atomic E-state index is 0.00145. The van der Waals surface area contributed by atoms with Crippen molar-refractivity contribution in [2.45, 2.75) is 0 Å². The first-order chi connectivity index (χ1) is 6.34. The standard InChI is InChI=1S/C6H6N6O/c7-4-11-12-6(13-4)10-5-8-2-1-3-9-5/h1-3H,(H2,7,11)(H,8,9,10,12). The van der Waals surface area contributed by atoms with Crippen molar-refractivity contribution in [1.82, 2.24) is 20.2 Å². The SMILES string of the molecule is Nc1nnc(Nc2ncccn2)o1. The highest BCUT2D eigenvalue weighted by Gasteiger charge is 2.02. The summed E-state index contributed by atoms with van der Waals surface area (Å²) in [7, 11) is 0. The lowest BCUT2D eigenvalue weighted by molar-refractivity contribution is 0.592. The number of hydrogen-bond donors (Lipinski definition) is 2. The monoisotopic (exact) mass is 178 g/mol. The van der Waals surface area contributed by atoms with Gasteiger partial charge in [0, 0.05) is 12.4 Å². The van der Waals surface area contributed by atoms with Gasteiger partial charge in [0.1, 0.15) is 0 Å². The lowest BCUT2D eigenvalue weighted by Crippen LogP contribution is -1.95. The fraction of sp³-hybridized carbons (Fsp3) is 0. The highest BCUT2D eigenvalue weighted by molar-refractivity contribution is 5.39. The fourth-order valence-corrected chi connectivity index (χ4v) is 0.744. The van der Waals surface area contributed by atoms with Gasteiger partial charge >= 0.3 is 12.0 Å². The first kappa shape index (κ1) is 7.47. The molecule has 0 amide bonds. The molecule has 0 bridgehead atoms. The molecule has 66 valence electrons. The summed E-state index contributed by atoms with van der Waals surface area (Å²) < 4.78 is 4.85. The molecule has 0 saturated heterocycles. The Labute approximate surface area is 73.0 Å². The third kappa shape index (κ3) is 1.70. The Morgan fingerprint density at radius 1 is 1.23 bits per heavy atom. The van der Waals surface area contributed by atoms with Gasteiger partial charge in [-0.05, 0) is 6.07 Å². The molecule has 13 heavy (non-hydrogen) atoms. The van der Waals surface area contributed by atoms with E-state index in [0.29, 0.717) is 5.95 Å². The number of hydrogen-bond acceptors (Lipinski definition) is 7. The van der Waals surface area contributed by atoms with Crippen LogP contribution in [0.2, 0.25) is 0 Å². The summed E-state index contributed by atoms with van der Waals surface area (Å²) in [5, 5.41) is 9.72. The maximum atomic E-state index is 5.21. The fourth-order valence-electron chi connectivity index (χ4n) is 0.744. The molecule has 3 N–H and O–H groups in total. The van der Waals surface area contributed by atoms with Crippen LogP contribution in [0.15, 0.2) is 22.9 Å². The number of nitrogens with two attached hydrogens (primary N) is 1. The second-order valence-corrected chi connectivity index (χ2v) is 2.14. The van der Waals surface area contributed by atoms with Crippen LogP contribution in [-0.2, 0) is 0 Å². The normalized spacial score (nSPS) is 9.85. The number of nitrogens with zero attached hydrogens (tertiary/aromatic N) is 4. The van der Waals surface area contributed by atoms with Crippen LogP contribution in [0.3, 0.4) is 0 Å². The Kier molecular flexibility index (Phi) is 1.75. The van der Waals surface area contributed by atoms with Gasteiger partial charge < -0.3 is 10.2 Å². The van der Waals surface area contributed by atoms with E-state index in [-0.39, 0.29) is 12.0 Å². The van der Waals surface area contributed by atoms with Gasteiger partial charge in [-0.15, -0.1) is 0 Å². The van der Waals surface area contributed by atoms with E-state index >= 15 is 0 Å². The van der Waals surface area contributed by atoms with Crippen molar-refractivity contribution < 1.29 is 4.42 Å². The molecule has 0 aromatic carbocycles. The van der Waals surface area contributed by atoms with E-state index in [2.05, 4.69) is 25.5 Å². The first-order valence-corrected chi connectivity index (χ1v) is 3.47. The van der Waals surface area contributed by atoms with Crippen LogP contribution in [0.4, 0.5) is 18.0 Å². The highest BCUT2D eigenvalue weighted by atomic mass is 16.4. The Balaban J connectivity index is 2.15. The van der Waals surface area contributed by atoms with Crippen molar-refractivity contribution >= 4 is 18.0 Å². The summed E-state index contributed by atoms with van der Waals surface area (Å²) in [6.45, 7) is 0. The summed E-state index contributed by atoms with van der Waals surface area (Å²) >= 11 is 0. The predicted molar refractivity (Wildman–Crippen MR) is 44.0 cm³/mol. The molecule has 2 heterocycles. The van der Waals surface area contributed by atoms with Crippen LogP contribution in [0.25, 0.3) is 0 Å². The van der Waals surface area contributed by atoms with E-state index < -0.39 is 0 Å². The molecule has 2 aromatic rings. The van der Waals surface area contributed by atoms with E-state index in [1.54, 1.807) is 18.5 Å². The van der Waals surface area contributed by atoms with Crippen LogP contribution >= 0.6 is 0 Å². The summed E-state index contributed by atoms with van der Waals surface area (Å²) in [6.07, 6.45) is 3.18. The van der Waals surface area contributed by atoms with Gasteiger partial charge in [0.25, 0.3) is 0 Å². The van der Waals surface area contributed by atoms with Crippen molar-refractivity contribution in [2.75, 3.05) is 11.1 Å². The minimum Gasteiger partial charge on any atom is -0.389 e. The Bertz CT molecular complexity index is 385. The van der Waals surface area contributed by atoms with E-state index in [0.717, 1.165) is 0 Å². The average Bonchev–Trinajstić information content (AvgIpc) is 2.53. The molecule has 0 fully saturated rings. The van der Waals surface area contributed by atoms with Crippen molar-refractivity contribution in [2.24, 2.45) is 0 Å². The van der Waals surface area contributed by atoms with Crippen LogP contribution in [0.1, 0.15) is 0 Å². The number of rotatable bonds is 2. The molecule has 0 aliphatic carbocycles. The second kappa shape index (κ2) is 3.05. The minimum atomic E-state index is -0.00145. The molecule has 0 aliphatic rings. The summed E-state index contributed by atoms with van der Waals surface area (Å²) in [5.41, 5.74) is 5.21. The molecule has 2 rings (SSSR count). The molecule has 2 aromatic heterocycles. The lowest BCUT2D eigenvalue weighted by Gasteiger charge is -1.95. The topological polar surface area (TPSA) is 103 Å². The van der Waals surface area contributed by atoms with Crippen molar-refractivity contribution in [3.8, 4) is 0 Å². The smallest absolute Gasteiger partial charge is 0.323 e. The maximum absolute atomic E-state index is 5.21. The lowest BCUT2D eigenvalue weighted by atomic mass is 10.7. The molecule has 7 nitrogen and oxygen atoms in total. The molecule has 0 spiro atoms. The maximum Gasteiger partial charge on any atom is 0.323 e. The molecule has 0 aliphatic heterocycles. The van der Waals surface area contributed by atoms with Gasteiger partial charge in [0.2, 0.25) is 5.95 Å². The van der Waals surface area contributed by atoms with E-state index in [4.69, 9.17) is 10.2 Å². The Morgan fingerprint density at radius 2 is 2.00 bits per heavy atom. The highest BCUT2D eigenvalue weighted by Crippen LogP contribution is 2.10. The predicted octanol–water partition coefficient (Wildman–Crippen LogP) is 0.185. The zero-order valence-corrected chi connectivity index (χ0v) is 6.51. The number of nitrogens with one attached hydrogen (secondary N) is 1. The van der Waals surface area contributed by atoms with E-state index in [9.17, 15) is 0 Å². The van der Waals surface area contributed by atoms with Gasteiger partial charge in [-0.2, -0.15) is 0 Å². The second-order valence-electron chi connectivity index (χ2n) is 2.14. The largest absolute Gasteiger partial charge is 0.389 e. The molecule has 7 heteroatoms. The van der Waals surface area contributed by atoms with Crippen molar-refractivity contribution in [1.29, 1.82) is 0 Å².